The Bertz CT molecular complexity index is 631. The molecule has 1 aromatic carbocycles. The average Bonchev–Trinajstić information content (AvgIpc) is 3.00. The molecule has 2 rings (SSSR count). The molecule has 0 aromatic heterocycles. The molecule has 0 radical (unpaired) electrons. The van der Waals surface area contributed by atoms with Crippen LogP contribution in [-0.4, -0.2) is 40.5 Å². The van der Waals surface area contributed by atoms with Gasteiger partial charge in [0.15, 0.2) is 0 Å². The zero-order chi connectivity index (χ0) is 16.7. The molecule has 1 aliphatic rings. The van der Waals surface area contributed by atoms with Crippen LogP contribution in [-0.2, 0) is 14.8 Å². The van der Waals surface area contributed by atoms with Crippen molar-refractivity contribution in [1.29, 1.82) is 0 Å². The van der Waals surface area contributed by atoms with Crippen molar-refractivity contribution in [2.24, 2.45) is 5.92 Å². The predicted octanol–water partition coefficient (Wildman–Crippen LogP) is 0.610. The van der Waals surface area contributed by atoms with Crippen LogP contribution < -0.4 is 15.4 Å². The van der Waals surface area contributed by atoms with Crippen molar-refractivity contribution in [3.8, 4) is 0 Å². The fourth-order valence-corrected chi connectivity index (χ4v) is 3.61. The number of hydrogen-bond acceptors (Lipinski definition) is 4. The summed E-state index contributed by atoms with van der Waals surface area (Å²) in [6, 6.07) is 5.14. The summed E-state index contributed by atoms with van der Waals surface area (Å²) < 4.78 is 39.6. The maximum absolute atomic E-state index is 13.5. The molecule has 0 saturated carbocycles. The van der Waals surface area contributed by atoms with Crippen LogP contribution >= 0.6 is 0 Å². The Balaban J connectivity index is 1.69. The molecule has 1 amide bonds. The van der Waals surface area contributed by atoms with E-state index in [2.05, 4.69) is 15.4 Å². The third-order valence-electron chi connectivity index (χ3n) is 3.81. The van der Waals surface area contributed by atoms with Gasteiger partial charge in [0.25, 0.3) is 0 Å². The van der Waals surface area contributed by atoms with Gasteiger partial charge in [-0.3, -0.25) is 4.79 Å². The van der Waals surface area contributed by atoms with Gasteiger partial charge >= 0.3 is 0 Å². The summed E-state index contributed by atoms with van der Waals surface area (Å²) in [5.74, 6) is -0.434. The molecule has 1 aliphatic heterocycles. The molecule has 0 bridgehead atoms. The molecule has 0 aliphatic carbocycles. The molecular formula is C15H22FN3O3S. The van der Waals surface area contributed by atoms with Crippen LogP contribution in [0.15, 0.2) is 29.2 Å². The van der Waals surface area contributed by atoms with Gasteiger partial charge in [-0.1, -0.05) is 12.1 Å². The van der Waals surface area contributed by atoms with Gasteiger partial charge in [0.05, 0.1) is 0 Å². The first kappa shape index (κ1) is 17.8. The summed E-state index contributed by atoms with van der Waals surface area (Å²) >= 11 is 0. The zero-order valence-corrected chi connectivity index (χ0v) is 13.7. The second-order valence-corrected chi connectivity index (χ2v) is 7.31. The summed E-state index contributed by atoms with van der Waals surface area (Å²) in [6.45, 7) is 2.54. The molecular weight excluding hydrogens is 321 g/mol. The molecule has 3 N–H and O–H groups in total. The average molecular weight is 343 g/mol. The van der Waals surface area contributed by atoms with E-state index in [1.807, 2.05) is 0 Å². The molecule has 0 spiro atoms. The molecule has 1 aromatic rings. The van der Waals surface area contributed by atoms with Gasteiger partial charge in [-0.25, -0.2) is 17.5 Å². The minimum absolute atomic E-state index is 0.0244. The largest absolute Gasteiger partial charge is 0.356 e. The Morgan fingerprint density at radius 1 is 1.30 bits per heavy atom. The van der Waals surface area contributed by atoms with Crippen LogP contribution in [0.5, 0.6) is 0 Å². The van der Waals surface area contributed by atoms with Gasteiger partial charge in [0.1, 0.15) is 10.7 Å². The summed E-state index contributed by atoms with van der Waals surface area (Å²) in [5, 5.41) is 6.03. The highest BCUT2D eigenvalue weighted by Crippen LogP contribution is 2.13. The van der Waals surface area contributed by atoms with E-state index in [1.54, 1.807) is 0 Å². The van der Waals surface area contributed by atoms with Crippen LogP contribution in [0, 0.1) is 11.7 Å². The molecule has 1 fully saturated rings. The number of carbonyl (C=O) groups is 1. The Labute approximate surface area is 135 Å². The van der Waals surface area contributed by atoms with Crippen LogP contribution in [0.25, 0.3) is 0 Å². The second-order valence-electron chi connectivity index (χ2n) is 5.58. The minimum Gasteiger partial charge on any atom is -0.356 e. The highest BCUT2D eigenvalue weighted by Gasteiger charge is 2.18. The van der Waals surface area contributed by atoms with Crippen molar-refractivity contribution in [1.82, 2.24) is 15.4 Å². The van der Waals surface area contributed by atoms with Gasteiger partial charge in [-0.15, -0.1) is 0 Å². The number of halogens is 1. The first-order valence-corrected chi connectivity index (χ1v) is 9.19. The van der Waals surface area contributed by atoms with Crippen molar-refractivity contribution in [2.75, 3.05) is 26.2 Å². The third-order valence-corrected chi connectivity index (χ3v) is 5.30. The molecule has 1 unspecified atom stereocenters. The Kier molecular flexibility index (Phi) is 6.49. The SMILES string of the molecule is O=C(CCNS(=O)(=O)c1ccccc1F)NCCC1CCNC1. The normalized spacial score (nSPS) is 18.0. The molecule has 23 heavy (non-hydrogen) atoms. The number of amides is 1. The van der Waals surface area contributed by atoms with E-state index in [0.717, 1.165) is 32.0 Å². The second kappa shape index (κ2) is 8.37. The smallest absolute Gasteiger partial charge is 0.243 e. The van der Waals surface area contributed by atoms with Crippen LogP contribution in [0.1, 0.15) is 19.3 Å². The van der Waals surface area contributed by atoms with E-state index in [9.17, 15) is 17.6 Å². The molecule has 8 heteroatoms. The quantitative estimate of drug-likeness (QED) is 0.645. The lowest BCUT2D eigenvalue weighted by atomic mass is 10.1. The molecule has 6 nitrogen and oxygen atoms in total. The number of hydrogen-bond donors (Lipinski definition) is 3. The van der Waals surface area contributed by atoms with Gasteiger partial charge < -0.3 is 10.6 Å². The van der Waals surface area contributed by atoms with Crippen molar-refractivity contribution < 1.29 is 17.6 Å². The highest BCUT2D eigenvalue weighted by atomic mass is 32.2. The summed E-state index contributed by atoms with van der Waals surface area (Å²) in [5.41, 5.74) is 0. The van der Waals surface area contributed by atoms with Gasteiger partial charge in [-0.2, -0.15) is 0 Å². The predicted molar refractivity (Wildman–Crippen MR) is 84.8 cm³/mol. The first-order valence-electron chi connectivity index (χ1n) is 7.70. The van der Waals surface area contributed by atoms with E-state index in [-0.39, 0.29) is 18.9 Å². The zero-order valence-electron chi connectivity index (χ0n) is 12.8. The summed E-state index contributed by atoms with van der Waals surface area (Å²) in [4.78, 5) is 11.3. The Morgan fingerprint density at radius 2 is 2.09 bits per heavy atom. The lowest BCUT2D eigenvalue weighted by molar-refractivity contribution is -0.120. The highest BCUT2D eigenvalue weighted by molar-refractivity contribution is 7.89. The fraction of sp³-hybridized carbons (Fsp3) is 0.533. The van der Waals surface area contributed by atoms with Gasteiger partial charge in [0, 0.05) is 19.5 Å². The fourth-order valence-electron chi connectivity index (χ4n) is 2.50. The number of carbonyl (C=O) groups excluding carboxylic acids is 1. The van der Waals surface area contributed by atoms with Crippen LogP contribution in [0.4, 0.5) is 4.39 Å². The first-order chi connectivity index (χ1) is 11.0. The monoisotopic (exact) mass is 343 g/mol. The topological polar surface area (TPSA) is 87.3 Å². The standard InChI is InChI=1S/C15H22FN3O3S/c16-13-3-1-2-4-14(13)23(21,22)19-10-7-15(20)18-9-6-12-5-8-17-11-12/h1-4,12,17,19H,5-11H2,(H,18,20). The molecule has 1 atom stereocenters. The summed E-state index contributed by atoms with van der Waals surface area (Å²) in [7, 11) is -3.93. The molecule has 1 saturated heterocycles. The van der Waals surface area contributed by atoms with E-state index < -0.39 is 20.7 Å². The van der Waals surface area contributed by atoms with E-state index in [0.29, 0.717) is 12.5 Å². The maximum atomic E-state index is 13.5. The summed E-state index contributed by atoms with van der Waals surface area (Å²) in [6.07, 6.45) is 2.06. The Hall–Kier alpha value is -1.51. The number of sulfonamides is 1. The van der Waals surface area contributed by atoms with Crippen molar-refractivity contribution in [2.45, 2.75) is 24.2 Å². The molecule has 1 heterocycles. The Morgan fingerprint density at radius 3 is 2.78 bits per heavy atom. The lowest BCUT2D eigenvalue weighted by Gasteiger charge is -2.10. The minimum atomic E-state index is -3.93. The molecule has 128 valence electrons. The van der Waals surface area contributed by atoms with Crippen LogP contribution in [0.2, 0.25) is 0 Å². The van der Waals surface area contributed by atoms with Crippen molar-refractivity contribution in [3.63, 3.8) is 0 Å². The number of benzene rings is 1. The number of rotatable bonds is 8. The van der Waals surface area contributed by atoms with Crippen LogP contribution in [0.3, 0.4) is 0 Å². The number of nitrogens with one attached hydrogen (secondary N) is 3. The van der Waals surface area contributed by atoms with Crippen molar-refractivity contribution >= 4 is 15.9 Å². The van der Waals surface area contributed by atoms with E-state index in [1.165, 1.54) is 18.2 Å². The third kappa shape index (κ3) is 5.56. The lowest BCUT2D eigenvalue weighted by Crippen LogP contribution is -2.32. The van der Waals surface area contributed by atoms with E-state index >= 15 is 0 Å². The maximum Gasteiger partial charge on any atom is 0.243 e. The van der Waals surface area contributed by atoms with Gasteiger partial charge in [0.2, 0.25) is 15.9 Å². The van der Waals surface area contributed by atoms with Crippen molar-refractivity contribution in [3.05, 3.63) is 30.1 Å². The van der Waals surface area contributed by atoms with Gasteiger partial charge in [-0.05, 0) is 44.0 Å². The van der Waals surface area contributed by atoms with E-state index in [4.69, 9.17) is 0 Å².